The highest BCUT2D eigenvalue weighted by Crippen LogP contribution is 2.29. The van der Waals surface area contributed by atoms with Crippen LogP contribution in [0.4, 0.5) is 15.8 Å². The predicted molar refractivity (Wildman–Crippen MR) is 72.1 cm³/mol. The third-order valence-electron chi connectivity index (χ3n) is 3.35. The van der Waals surface area contributed by atoms with Crippen molar-refractivity contribution < 1.29 is 23.6 Å². The van der Waals surface area contributed by atoms with Gasteiger partial charge in [-0.25, -0.2) is 4.79 Å². The number of benzene rings is 1. The third kappa shape index (κ3) is 3.27. The molecule has 0 amide bonds. The van der Waals surface area contributed by atoms with E-state index < -0.39 is 17.6 Å². The molecule has 2 atom stereocenters. The number of ether oxygens (including phenoxy) is 2. The van der Waals surface area contributed by atoms with E-state index in [1.165, 1.54) is 25.3 Å². The maximum Gasteiger partial charge on any atom is 0.337 e. The summed E-state index contributed by atoms with van der Waals surface area (Å²) in [6, 6.07) is 3.49. The molecule has 7 nitrogen and oxygen atoms in total. The van der Waals surface area contributed by atoms with Gasteiger partial charge in [0.25, 0.3) is 5.69 Å². The number of halogens is 1. The maximum atomic E-state index is 12.8. The van der Waals surface area contributed by atoms with Gasteiger partial charge in [-0.1, -0.05) is 0 Å². The highest BCUT2D eigenvalue weighted by Gasteiger charge is 2.30. The SMILES string of the molecule is COC(=O)c1ccc([N+](=O)[O-])c(N[C@@H]2COC[C@@H]2CF)c1. The van der Waals surface area contributed by atoms with Gasteiger partial charge in [0.05, 0.1) is 43.5 Å². The van der Waals surface area contributed by atoms with Gasteiger partial charge in [-0.3, -0.25) is 14.5 Å². The summed E-state index contributed by atoms with van der Waals surface area (Å²) in [5, 5.41) is 13.9. The fourth-order valence-electron chi connectivity index (χ4n) is 2.17. The van der Waals surface area contributed by atoms with Gasteiger partial charge in [-0.05, 0) is 12.1 Å². The number of nitro benzene ring substituents is 1. The molecule has 1 N–H and O–H groups in total. The van der Waals surface area contributed by atoms with E-state index >= 15 is 0 Å². The number of esters is 1. The van der Waals surface area contributed by atoms with Crippen molar-refractivity contribution in [3.63, 3.8) is 0 Å². The number of hydrogen-bond donors (Lipinski definition) is 1. The van der Waals surface area contributed by atoms with Gasteiger partial charge in [0.1, 0.15) is 5.69 Å². The Morgan fingerprint density at radius 2 is 2.33 bits per heavy atom. The molecule has 0 bridgehead atoms. The van der Waals surface area contributed by atoms with Crippen LogP contribution in [0, 0.1) is 16.0 Å². The van der Waals surface area contributed by atoms with E-state index in [1.54, 1.807) is 0 Å². The Balaban J connectivity index is 2.30. The summed E-state index contributed by atoms with van der Waals surface area (Å²) in [6.45, 7) is -0.0605. The Hall–Kier alpha value is -2.22. The molecule has 114 valence electrons. The molecule has 1 aromatic rings. The first kappa shape index (κ1) is 15.2. The largest absolute Gasteiger partial charge is 0.465 e. The number of alkyl halides is 1. The Morgan fingerprint density at radius 1 is 1.57 bits per heavy atom. The van der Waals surface area contributed by atoms with Crippen molar-refractivity contribution in [1.29, 1.82) is 0 Å². The quantitative estimate of drug-likeness (QED) is 0.506. The van der Waals surface area contributed by atoms with Crippen LogP contribution in [0.2, 0.25) is 0 Å². The zero-order valence-corrected chi connectivity index (χ0v) is 11.4. The van der Waals surface area contributed by atoms with E-state index in [0.29, 0.717) is 0 Å². The zero-order chi connectivity index (χ0) is 15.4. The summed E-state index contributed by atoms with van der Waals surface area (Å²) in [4.78, 5) is 22.0. The van der Waals surface area contributed by atoms with Crippen LogP contribution in [0.3, 0.4) is 0 Å². The number of anilines is 1. The molecule has 1 saturated heterocycles. The maximum absolute atomic E-state index is 12.8. The fourth-order valence-corrected chi connectivity index (χ4v) is 2.17. The average molecular weight is 298 g/mol. The lowest BCUT2D eigenvalue weighted by Gasteiger charge is -2.18. The molecule has 0 saturated carbocycles. The van der Waals surface area contributed by atoms with E-state index in [-0.39, 0.29) is 42.1 Å². The fraction of sp³-hybridized carbons (Fsp3) is 0.462. The number of nitrogens with zero attached hydrogens (tertiary/aromatic N) is 1. The van der Waals surface area contributed by atoms with E-state index in [9.17, 15) is 19.3 Å². The first-order valence-corrected chi connectivity index (χ1v) is 6.33. The number of carbonyl (C=O) groups excluding carboxylic acids is 1. The smallest absolute Gasteiger partial charge is 0.337 e. The molecule has 1 heterocycles. The molecule has 0 aromatic heterocycles. The lowest BCUT2D eigenvalue weighted by molar-refractivity contribution is -0.384. The minimum absolute atomic E-state index is 0.150. The zero-order valence-electron chi connectivity index (χ0n) is 11.4. The number of nitro groups is 1. The molecule has 21 heavy (non-hydrogen) atoms. The van der Waals surface area contributed by atoms with Crippen LogP contribution in [-0.4, -0.2) is 43.9 Å². The number of methoxy groups -OCH3 is 1. The minimum atomic E-state index is -0.599. The third-order valence-corrected chi connectivity index (χ3v) is 3.35. The Morgan fingerprint density at radius 3 is 2.95 bits per heavy atom. The van der Waals surface area contributed by atoms with Gasteiger partial charge in [0, 0.05) is 12.0 Å². The van der Waals surface area contributed by atoms with Gasteiger partial charge in [0.15, 0.2) is 0 Å². The molecule has 0 aliphatic carbocycles. The standard InChI is InChI=1S/C13H15FN2O5/c1-20-13(17)8-2-3-12(16(18)19)10(4-8)15-11-7-21-6-9(11)5-14/h2-4,9,11,15H,5-7H2,1H3/t9-,11+/m0/s1. The van der Waals surface area contributed by atoms with Crippen molar-refractivity contribution >= 4 is 17.3 Å². The number of hydrogen-bond acceptors (Lipinski definition) is 6. The summed E-state index contributed by atoms with van der Waals surface area (Å²) in [6.07, 6.45) is 0. The van der Waals surface area contributed by atoms with Gasteiger partial charge in [0.2, 0.25) is 0 Å². The Bertz CT molecular complexity index is 551. The summed E-state index contributed by atoms with van der Waals surface area (Å²) in [5.74, 6) is -0.968. The molecule has 8 heteroatoms. The van der Waals surface area contributed by atoms with E-state index in [1.807, 2.05) is 0 Å². The monoisotopic (exact) mass is 298 g/mol. The van der Waals surface area contributed by atoms with E-state index in [4.69, 9.17) is 4.74 Å². The predicted octanol–water partition coefficient (Wildman–Crippen LogP) is 1.78. The molecule has 1 aliphatic heterocycles. The normalized spacial score (nSPS) is 21.0. The summed E-state index contributed by atoms with van der Waals surface area (Å²) in [7, 11) is 1.22. The molecule has 1 aliphatic rings. The number of rotatable bonds is 5. The molecular formula is C13H15FN2O5. The second-order valence-electron chi connectivity index (χ2n) is 4.68. The van der Waals surface area contributed by atoms with Crippen molar-refractivity contribution in [2.24, 2.45) is 5.92 Å². The number of carbonyl (C=O) groups is 1. The van der Waals surface area contributed by atoms with Crippen LogP contribution in [-0.2, 0) is 9.47 Å². The second-order valence-corrected chi connectivity index (χ2v) is 4.68. The highest BCUT2D eigenvalue weighted by atomic mass is 19.1. The van der Waals surface area contributed by atoms with Crippen molar-refractivity contribution in [3.05, 3.63) is 33.9 Å². The molecule has 1 aromatic carbocycles. The highest BCUT2D eigenvalue weighted by molar-refractivity contribution is 5.91. The van der Waals surface area contributed by atoms with Crippen molar-refractivity contribution in [1.82, 2.24) is 0 Å². The number of nitrogens with one attached hydrogen (secondary N) is 1. The van der Waals surface area contributed by atoms with Crippen LogP contribution in [0.15, 0.2) is 18.2 Å². The van der Waals surface area contributed by atoms with E-state index in [2.05, 4.69) is 10.1 Å². The first-order chi connectivity index (χ1) is 10.1. The van der Waals surface area contributed by atoms with Gasteiger partial charge >= 0.3 is 5.97 Å². The van der Waals surface area contributed by atoms with Crippen LogP contribution >= 0.6 is 0 Å². The molecule has 2 rings (SSSR count). The first-order valence-electron chi connectivity index (χ1n) is 6.33. The van der Waals surface area contributed by atoms with Gasteiger partial charge in [-0.15, -0.1) is 0 Å². The Labute approximate surface area is 120 Å². The molecule has 0 radical (unpaired) electrons. The van der Waals surface area contributed by atoms with Crippen molar-refractivity contribution in [3.8, 4) is 0 Å². The summed E-state index contributed by atoms with van der Waals surface area (Å²) in [5.41, 5.74) is 0.144. The summed E-state index contributed by atoms with van der Waals surface area (Å²) >= 11 is 0. The lowest BCUT2D eigenvalue weighted by atomic mass is 10.0. The second kappa shape index (κ2) is 6.49. The van der Waals surface area contributed by atoms with Crippen LogP contribution in [0.1, 0.15) is 10.4 Å². The average Bonchev–Trinajstić information content (AvgIpc) is 2.93. The van der Waals surface area contributed by atoms with Gasteiger partial charge < -0.3 is 14.8 Å². The topological polar surface area (TPSA) is 90.7 Å². The lowest BCUT2D eigenvalue weighted by Crippen LogP contribution is -2.29. The summed E-state index contributed by atoms with van der Waals surface area (Å²) < 4.78 is 22.6. The minimum Gasteiger partial charge on any atom is -0.465 e. The van der Waals surface area contributed by atoms with Crippen molar-refractivity contribution in [2.45, 2.75) is 6.04 Å². The van der Waals surface area contributed by atoms with Crippen molar-refractivity contribution in [2.75, 3.05) is 32.3 Å². The van der Waals surface area contributed by atoms with Crippen LogP contribution in [0.5, 0.6) is 0 Å². The van der Waals surface area contributed by atoms with E-state index in [0.717, 1.165) is 0 Å². The molecule has 0 spiro atoms. The van der Waals surface area contributed by atoms with Crippen LogP contribution in [0.25, 0.3) is 0 Å². The van der Waals surface area contributed by atoms with Crippen LogP contribution < -0.4 is 5.32 Å². The van der Waals surface area contributed by atoms with Gasteiger partial charge in [-0.2, -0.15) is 0 Å². The molecular weight excluding hydrogens is 283 g/mol. The molecule has 1 fully saturated rings. The Kier molecular flexibility index (Phi) is 4.69. The molecule has 0 unspecified atom stereocenters.